The number of ether oxygens (including phenoxy) is 1. The minimum atomic E-state index is -4.50. The van der Waals surface area contributed by atoms with E-state index in [1.54, 1.807) is 0 Å². The van der Waals surface area contributed by atoms with Crippen LogP contribution >= 0.6 is 0 Å². The summed E-state index contributed by atoms with van der Waals surface area (Å²) in [5.41, 5.74) is 0.880. The van der Waals surface area contributed by atoms with Crippen molar-refractivity contribution >= 4 is 17.4 Å². The topological polar surface area (TPSA) is 56.8 Å². The summed E-state index contributed by atoms with van der Waals surface area (Å²) in [6.45, 7) is 2.34. The lowest BCUT2D eigenvalue weighted by atomic mass is 10.1. The predicted molar refractivity (Wildman–Crippen MR) is 114 cm³/mol. The van der Waals surface area contributed by atoms with Gasteiger partial charge in [-0.25, -0.2) is 4.79 Å². The van der Waals surface area contributed by atoms with Crippen molar-refractivity contribution in [3.8, 4) is 0 Å². The number of hydrogen-bond donors (Lipinski definition) is 2. The molecule has 1 saturated heterocycles. The number of benzene rings is 2. The van der Waals surface area contributed by atoms with Gasteiger partial charge < -0.3 is 25.2 Å². The number of morpholine rings is 1. The minimum Gasteiger partial charge on any atom is -0.378 e. The minimum absolute atomic E-state index is 0.0767. The zero-order valence-corrected chi connectivity index (χ0v) is 17.6. The Labute approximate surface area is 180 Å². The van der Waals surface area contributed by atoms with Crippen LogP contribution in [0.25, 0.3) is 0 Å². The first-order valence-corrected chi connectivity index (χ1v) is 10.1. The number of hydrogen-bond acceptors (Lipinski definition) is 4. The Morgan fingerprint density at radius 1 is 1.13 bits per heavy atom. The summed E-state index contributed by atoms with van der Waals surface area (Å²) >= 11 is 0. The Morgan fingerprint density at radius 3 is 2.42 bits per heavy atom. The Hall–Kier alpha value is -2.78. The lowest BCUT2D eigenvalue weighted by Crippen LogP contribution is -2.39. The SMILES string of the molecule is CN(C)C(CNC(=O)Nc1cc(C(F)(F)F)ccc1N1CCOCC1)c1ccccc1. The molecule has 31 heavy (non-hydrogen) atoms. The third kappa shape index (κ3) is 6.11. The molecule has 1 fully saturated rings. The molecule has 1 atom stereocenters. The van der Waals surface area contributed by atoms with Gasteiger partial charge in [0.05, 0.1) is 36.2 Å². The van der Waals surface area contributed by atoms with E-state index < -0.39 is 17.8 Å². The number of amides is 2. The molecule has 0 aliphatic carbocycles. The smallest absolute Gasteiger partial charge is 0.378 e. The van der Waals surface area contributed by atoms with Crippen LogP contribution in [0.2, 0.25) is 0 Å². The van der Waals surface area contributed by atoms with Crippen molar-refractivity contribution in [2.45, 2.75) is 12.2 Å². The first-order chi connectivity index (χ1) is 14.8. The number of nitrogens with zero attached hydrogens (tertiary/aromatic N) is 2. The maximum Gasteiger partial charge on any atom is 0.416 e. The largest absolute Gasteiger partial charge is 0.416 e. The molecule has 2 aromatic carbocycles. The summed E-state index contributed by atoms with van der Waals surface area (Å²) < 4.78 is 45.1. The summed E-state index contributed by atoms with van der Waals surface area (Å²) in [5, 5.41) is 5.40. The molecule has 0 saturated carbocycles. The molecule has 1 heterocycles. The number of rotatable bonds is 6. The van der Waals surface area contributed by atoms with Crippen LogP contribution in [0, 0.1) is 0 Å². The molecule has 2 aromatic rings. The molecule has 0 aromatic heterocycles. The quantitative estimate of drug-likeness (QED) is 0.720. The molecule has 2 N–H and O–H groups in total. The number of carbonyl (C=O) groups excluding carboxylic acids is 1. The van der Waals surface area contributed by atoms with E-state index in [1.165, 1.54) is 6.07 Å². The highest BCUT2D eigenvalue weighted by Gasteiger charge is 2.32. The highest BCUT2D eigenvalue weighted by atomic mass is 19.4. The van der Waals surface area contributed by atoms with Crippen molar-refractivity contribution in [2.75, 3.05) is 57.2 Å². The number of alkyl halides is 3. The fourth-order valence-electron chi connectivity index (χ4n) is 3.52. The predicted octanol–water partition coefficient (Wildman–Crippen LogP) is 3.97. The van der Waals surface area contributed by atoms with E-state index in [9.17, 15) is 18.0 Å². The third-order valence-corrected chi connectivity index (χ3v) is 5.19. The van der Waals surface area contributed by atoms with Crippen LogP contribution < -0.4 is 15.5 Å². The zero-order valence-electron chi connectivity index (χ0n) is 17.6. The molecule has 1 aliphatic rings. The van der Waals surface area contributed by atoms with E-state index in [1.807, 2.05) is 54.2 Å². The van der Waals surface area contributed by atoms with Gasteiger partial charge in [0.2, 0.25) is 0 Å². The van der Waals surface area contributed by atoms with E-state index >= 15 is 0 Å². The Morgan fingerprint density at radius 2 is 1.81 bits per heavy atom. The molecule has 6 nitrogen and oxygen atoms in total. The lowest BCUT2D eigenvalue weighted by molar-refractivity contribution is -0.137. The highest BCUT2D eigenvalue weighted by Crippen LogP contribution is 2.35. The van der Waals surface area contributed by atoms with Crippen LogP contribution in [-0.2, 0) is 10.9 Å². The molecule has 9 heteroatoms. The Kier molecular flexibility index (Phi) is 7.40. The molecular weight excluding hydrogens is 409 g/mol. The average molecular weight is 436 g/mol. The fraction of sp³-hybridized carbons (Fsp3) is 0.409. The number of urea groups is 1. The van der Waals surface area contributed by atoms with Crippen molar-refractivity contribution in [3.05, 3.63) is 59.7 Å². The van der Waals surface area contributed by atoms with Gasteiger partial charge in [-0.15, -0.1) is 0 Å². The standard InChI is InChI=1S/C22H27F3N4O2/c1-28(2)20(16-6-4-3-5-7-16)15-26-21(30)27-18-14-17(22(23,24)25)8-9-19(18)29-10-12-31-13-11-29/h3-9,14,20H,10-13,15H2,1-2H3,(H2,26,27,30). The van der Waals surface area contributed by atoms with Crippen molar-refractivity contribution in [1.82, 2.24) is 10.2 Å². The Balaban J connectivity index is 1.75. The molecule has 0 spiro atoms. The second-order valence-corrected chi connectivity index (χ2v) is 7.55. The summed E-state index contributed by atoms with van der Waals surface area (Å²) in [7, 11) is 3.81. The maximum absolute atomic E-state index is 13.2. The zero-order chi connectivity index (χ0) is 22.4. The van der Waals surface area contributed by atoms with Gasteiger partial charge in [-0.05, 0) is 37.9 Å². The van der Waals surface area contributed by atoms with Crippen LogP contribution in [0.5, 0.6) is 0 Å². The molecule has 1 aliphatic heterocycles. The van der Waals surface area contributed by atoms with Crippen LogP contribution in [0.4, 0.5) is 29.3 Å². The maximum atomic E-state index is 13.2. The van der Waals surface area contributed by atoms with Gasteiger partial charge in [0, 0.05) is 19.6 Å². The lowest BCUT2D eigenvalue weighted by Gasteiger charge is -2.31. The summed E-state index contributed by atoms with van der Waals surface area (Å²) in [4.78, 5) is 16.5. The summed E-state index contributed by atoms with van der Waals surface area (Å²) in [6, 6.07) is 12.5. The monoisotopic (exact) mass is 436 g/mol. The second-order valence-electron chi connectivity index (χ2n) is 7.55. The molecule has 3 rings (SSSR count). The number of anilines is 2. The summed E-state index contributed by atoms with van der Waals surface area (Å²) in [6.07, 6.45) is -4.50. The first kappa shape index (κ1) is 22.9. The van der Waals surface area contributed by atoms with Gasteiger partial charge in [0.25, 0.3) is 0 Å². The average Bonchev–Trinajstić information content (AvgIpc) is 2.74. The number of halogens is 3. The normalized spacial score (nSPS) is 15.6. The van der Waals surface area contributed by atoms with Crippen molar-refractivity contribution in [2.24, 2.45) is 0 Å². The van der Waals surface area contributed by atoms with Crippen LogP contribution in [0.15, 0.2) is 48.5 Å². The van der Waals surface area contributed by atoms with Gasteiger partial charge in [0.15, 0.2) is 0 Å². The molecule has 2 amide bonds. The third-order valence-electron chi connectivity index (χ3n) is 5.19. The molecule has 0 radical (unpaired) electrons. The van der Waals surface area contributed by atoms with Crippen LogP contribution in [-0.4, -0.2) is 57.9 Å². The van der Waals surface area contributed by atoms with Crippen LogP contribution in [0.1, 0.15) is 17.2 Å². The van der Waals surface area contributed by atoms with Crippen LogP contribution in [0.3, 0.4) is 0 Å². The van der Waals surface area contributed by atoms with Gasteiger partial charge >= 0.3 is 12.2 Å². The molecule has 0 bridgehead atoms. The molecule has 168 valence electrons. The van der Waals surface area contributed by atoms with E-state index in [4.69, 9.17) is 4.74 Å². The van der Waals surface area contributed by atoms with Gasteiger partial charge in [-0.1, -0.05) is 30.3 Å². The van der Waals surface area contributed by atoms with E-state index in [2.05, 4.69) is 10.6 Å². The summed E-state index contributed by atoms with van der Waals surface area (Å²) in [5.74, 6) is 0. The van der Waals surface area contributed by atoms with Crippen molar-refractivity contribution in [1.29, 1.82) is 0 Å². The van der Waals surface area contributed by atoms with Gasteiger partial charge in [-0.3, -0.25) is 0 Å². The number of likely N-dealkylation sites (N-methyl/N-ethyl adjacent to an activating group) is 1. The van der Waals surface area contributed by atoms with E-state index in [0.717, 1.165) is 17.7 Å². The van der Waals surface area contributed by atoms with E-state index in [-0.39, 0.29) is 11.7 Å². The van der Waals surface area contributed by atoms with Crippen molar-refractivity contribution in [3.63, 3.8) is 0 Å². The Bertz CT molecular complexity index is 869. The van der Waals surface area contributed by atoms with Crippen molar-refractivity contribution < 1.29 is 22.7 Å². The van der Waals surface area contributed by atoms with Gasteiger partial charge in [-0.2, -0.15) is 13.2 Å². The van der Waals surface area contributed by atoms with E-state index in [0.29, 0.717) is 38.5 Å². The van der Waals surface area contributed by atoms with Gasteiger partial charge in [0.1, 0.15) is 0 Å². The molecule has 1 unspecified atom stereocenters. The highest BCUT2D eigenvalue weighted by molar-refractivity contribution is 5.93. The fourth-order valence-corrected chi connectivity index (χ4v) is 3.52. The number of nitrogens with one attached hydrogen (secondary N) is 2. The second kappa shape index (κ2) is 10.0. The first-order valence-electron chi connectivity index (χ1n) is 10.1. The molecular formula is C22H27F3N4O2. The number of carbonyl (C=O) groups is 1.